The number of nitrogens with two attached hydrogens (primary N) is 1. The van der Waals surface area contributed by atoms with Crippen molar-refractivity contribution in [2.24, 2.45) is 11.7 Å². The number of carbonyl (C=O) groups is 1. The number of hydrogen-bond donors (Lipinski definition) is 2. The third-order valence-corrected chi connectivity index (χ3v) is 4.38. The van der Waals surface area contributed by atoms with Gasteiger partial charge in [0.25, 0.3) is 0 Å². The van der Waals surface area contributed by atoms with Crippen molar-refractivity contribution < 1.29 is 9.90 Å². The first-order valence-corrected chi connectivity index (χ1v) is 8.28. The first-order valence-electron chi connectivity index (χ1n) is 8.28. The number of aliphatic hydroxyl groups is 1. The summed E-state index contributed by atoms with van der Waals surface area (Å²) in [6.07, 6.45) is 2.71. The smallest absolute Gasteiger partial charge is 0.239 e. The largest absolute Gasteiger partial charge is 0.388 e. The lowest BCUT2D eigenvalue weighted by Gasteiger charge is -2.29. The van der Waals surface area contributed by atoms with E-state index in [1.165, 1.54) is 0 Å². The summed E-state index contributed by atoms with van der Waals surface area (Å²) in [7, 11) is 0. The standard InChI is InChI=1S/C18H28N2O2/c1-13(2)11-16(19)18(22)20-10-6-9-15(20)12-17(21)14-7-4-3-5-8-14/h3-5,7-8,13,15-17,21H,6,9-12,19H2,1-2H3/t15?,16-,17?/m0/s1. The summed E-state index contributed by atoms with van der Waals surface area (Å²) < 4.78 is 0. The monoisotopic (exact) mass is 304 g/mol. The van der Waals surface area contributed by atoms with Crippen LogP contribution in [0.5, 0.6) is 0 Å². The highest BCUT2D eigenvalue weighted by Gasteiger charge is 2.33. The van der Waals surface area contributed by atoms with Crippen molar-refractivity contribution in [1.29, 1.82) is 0 Å². The molecule has 3 atom stereocenters. The molecule has 1 aliphatic rings. The Morgan fingerprint density at radius 2 is 2.05 bits per heavy atom. The molecule has 0 aliphatic carbocycles. The van der Waals surface area contributed by atoms with Gasteiger partial charge in [0.05, 0.1) is 12.1 Å². The van der Waals surface area contributed by atoms with Gasteiger partial charge in [-0.05, 0) is 37.2 Å². The zero-order valence-corrected chi connectivity index (χ0v) is 13.6. The number of aliphatic hydroxyl groups excluding tert-OH is 1. The van der Waals surface area contributed by atoms with Gasteiger partial charge in [0.1, 0.15) is 0 Å². The molecule has 0 aromatic heterocycles. The SMILES string of the molecule is CC(C)C[C@H](N)C(=O)N1CCCC1CC(O)c1ccccc1. The molecule has 1 amide bonds. The van der Waals surface area contributed by atoms with Gasteiger partial charge >= 0.3 is 0 Å². The average molecular weight is 304 g/mol. The van der Waals surface area contributed by atoms with E-state index < -0.39 is 12.1 Å². The number of rotatable bonds is 6. The molecule has 22 heavy (non-hydrogen) atoms. The highest BCUT2D eigenvalue weighted by molar-refractivity contribution is 5.82. The van der Waals surface area contributed by atoms with E-state index in [1.807, 2.05) is 35.2 Å². The average Bonchev–Trinajstić information content (AvgIpc) is 2.94. The lowest BCUT2D eigenvalue weighted by atomic mass is 9.99. The van der Waals surface area contributed by atoms with Crippen molar-refractivity contribution in [2.45, 2.75) is 57.7 Å². The number of likely N-dealkylation sites (tertiary alicyclic amines) is 1. The van der Waals surface area contributed by atoms with E-state index in [9.17, 15) is 9.90 Å². The van der Waals surface area contributed by atoms with E-state index in [1.54, 1.807) is 0 Å². The zero-order chi connectivity index (χ0) is 16.1. The molecule has 2 rings (SSSR count). The van der Waals surface area contributed by atoms with Crippen LogP contribution in [0.2, 0.25) is 0 Å². The van der Waals surface area contributed by atoms with Crippen LogP contribution < -0.4 is 5.73 Å². The number of benzene rings is 1. The van der Waals surface area contributed by atoms with Crippen LogP contribution in [-0.4, -0.2) is 34.5 Å². The van der Waals surface area contributed by atoms with E-state index >= 15 is 0 Å². The molecular formula is C18H28N2O2. The fourth-order valence-corrected chi connectivity index (χ4v) is 3.26. The molecule has 1 saturated heterocycles. The third-order valence-electron chi connectivity index (χ3n) is 4.38. The van der Waals surface area contributed by atoms with Crippen molar-refractivity contribution >= 4 is 5.91 Å². The first-order chi connectivity index (χ1) is 10.5. The fourth-order valence-electron chi connectivity index (χ4n) is 3.26. The minimum absolute atomic E-state index is 0.0384. The maximum atomic E-state index is 12.5. The van der Waals surface area contributed by atoms with Gasteiger partial charge in [0.15, 0.2) is 0 Å². The minimum Gasteiger partial charge on any atom is -0.388 e. The molecule has 0 bridgehead atoms. The molecule has 1 aromatic rings. The lowest BCUT2D eigenvalue weighted by Crippen LogP contribution is -2.46. The van der Waals surface area contributed by atoms with Gasteiger partial charge in [-0.2, -0.15) is 0 Å². The van der Waals surface area contributed by atoms with Crippen LogP contribution in [0.25, 0.3) is 0 Å². The van der Waals surface area contributed by atoms with Crippen molar-refractivity contribution in [2.75, 3.05) is 6.54 Å². The Labute approximate surface area is 133 Å². The fraction of sp³-hybridized carbons (Fsp3) is 0.611. The lowest BCUT2D eigenvalue weighted by molar-refractivity contribution is -0.134. The van der Waals surface area contributed by atoms with Gasteiger partial charge in [-0.3, -0.25) is 4.79 Å². The topological polar surface area (TPSA) is 66.6 Å². The van der Waals surface area contributed by atoms with Crippen molar-refractivity contribution in [3.8, 4) is 0 Å². The van der Waals surface area contributed by atoms with Gasteiger partial charge in [0.2, 0.25) is 5.91 Å². The second-order valence-corrected chi connectivity index (χ2v) is 6.73. The molecule has 1 aliphatic heterocycles. The van der Waals surface area contributed by atoms with E-state index in [-0.39, 0.29) is 11.9 Å². The van der Waals surface area contributed by atoms with Crippen LogP contribution in [-0.2, 0) is 4.79 Å². The summed E-state index contributed by atoms with van der Waals surface area (Å²) >= 11 is 0. The second kappa shape index (κ2) is 7.75. The van der Waals surface area contributed by atoms with E-state index in [0.717, 1.165) is 24.9 Å². The Hall–Kier alpha value is -1.39. The predicted octanol–water partition coefficient (Wildman–Crippen LogP) is 2.47. The summed E-state index contributed by atoms with van der Waals surface area (Å²) in [6.45, 7) is 4.92. The van der Waals surface area contributed by atoms with Gasteiger partial charge < -0.3 is 15.7 Å². The molecule has 1 aromatic carbocycles. The van der Waals surface area contributed by atoms with Crippen LogP contribution in [0.15, 0.2) is 30.3 Å². The first kappa shape index (κ1) is 17.0. The normalized spacial score (nSPS) is 21.1. The number of nitrogens with zero attached hydrogens (tertiary/aromatic N) is 1. The number of amides is 1. The highest BCUT2D eigenvalue weighted by atomic mass is 16.3. The quantitative estimate of drug-likeness (QED) is 0.848. The third kappa shape index (κ3) is 4.31. The Balaban J connectivity index is 1.97. The van der Waals surface area contributed by atoms with Crippen LogP contribution in [0, 0.1) is 5.92 Å². The molecular weight excluding hydrogens is 276 g/mol. The molecule has 2 unspecified atom stereocenters. The summed E-state index contributed by atoms with van der Waals surface area (Å²) in [4.78, 5) is 14.4. The highest BCUT2D eigenvalue weighted by Crippen LogP contribution is 2.28. The molecule has 122 valence electrons. The zero-order valence-electron chi connectivity index (χ0n) is 13.6. The maximum absolute atomic E-state index is 12.5. The summed E-state index contributed by atoms with van der Waals surface area (Å²) in [5.74, 6) is 0.450. The second-order valence-electron chi connectivity index (χ2n) is 6.73. The maximum Gasteiger partial charge on any atom is 0.239 e. The molecule has 1 heterocycles. The molecule has 0 radical (unpaired) electrons. The molecule has 3 N–H and O–H groups in total. The van der Waals surface area contributed by atoms with E-state index in [2.05, 4.69) is 13.8 Å². The van der Waals surface area contributed by atoms with Gasteiger partial charge in [-0.1, -0.05) is 44.2 Å². The molecule has 4 nitrogen and oxygen atoms in total. The molecule has 0 saturated carbocycles. The molecule has 4 heteroatoms. The van der Waals surface area contributed by atoms with Crippen LogP contribution in [0.1, 0.15) is 51.2 Å². The minimum atomic E-state index is -0.527. The Kier molecular flexibility index (Phi) is 5.98. The summed E-state index contributed by atoms with van der Waals surface area (Å²) in [5.41, 5.74) is 6.96. The number of hydrogen-bond acceptors (Lipinski definition) is 3. The number of carbonyl (C=O) groups excluding carboxylic acids is 1. The predicted molar refractivity (Wildman–Crippen MR) is 88.2 cm³/mol. The van der Waals surface area contributed by atoms with Gasteiger partial charge in [-0.25, -0.2) is 0 Å². The summed E-state index contributed by atoms with van der Waals surface area (Å²) in [5, 5.41) is 10.4. The van der Waals surface area contributed by atoms with E-state index in [0.29, 0.717) is 18.8 Å². The van der Waals surface area contributed by atoms with Crippen molar-refractivity contribution in [3.63, 3.8) is 0 Å². The van der Waals surface area contributed by atoms with Crippen molar-refractivity contribution in [1.82, 2.24) is 4.90 Å². The van der Waals surface area contributed by atoms with Crippen LogP contribution in [0.4, 0.5) is 0 Å². The van der Waals surface area contributed by atoms with Gasteiger partial charge in [0, 0.05) is 12.6 Å². The van der Waals surface area contributed by atoms with Crippen molar-refractivity contribution in [3.05, 3.63) is 35.9 Å². The molecule has 1 fully saturated rings. The molecule has 0 spiro atoms. The Morgan fingerprint density at radius 3 is 2.68 bits per heavy atom. The summed E-state index contributed by atoms with van der Waals surface area (Å²) in [6, 6.07) is 9.32. The Morgan fingerprint density at radius 1 is 1.36 bits per heavy atom. The van der Waals surface area contributed by atoms with E-state index in [4.69, 9.17) is 5.73 Å². The van der Waals surface area contributed by atoms with Gasteiger partial charge in [-0.15, -0.1) is 0 Å². The van der Waals surface area contributed by atoms with Crippen LogP contribution >= 0.6 is 0 Å². The van der Waals surface area contributed by atoms with Crippen LogP contribution in [0.3, 0.4) is 0 Å². The Bertz CT molecular complexity index is 475.